The van der Waals surface area contributed by atoms with Crippen molar-refractivity contribution in [2.24, 2.45) is 5.73 Å². The molecule has 0 aromatic rings. The predicted molar refractivity (Wildman–Crippen MR) is 53.2 cm³/mol. The summed E-state index contributed by atoms with van der Waals surface area (Å²) in [5.74, 6) is 0. The minimum Gasteiger partial charge on any atom is -0.324 e. The lowest BCUT2D eigenvalue weighted by Crippen LogP contribution is -2.50. The van der Waals surface area contributed by atoms with Gasteiger partial charge in [-0.25, -0.2) is 0 Å². The van der Waals surface area contributed by atoms with Crippen LogP contribution < -0.4 is 5.73 Å². The van der Waals surface area contributed by atoms with E-state index in [-0.39, 0.29) is 5.54 Å². The van der Waals surface area contributed by atoms with Gasteiger partial charge in [0, 0.05) is 18.1 Å². The topological polar surface area (TPSA) is 29.3 Å². The van der Waals surface area contributed by atoms with E-state index in [4.69, 9.17) is 5.73 Å². The van der Waals surface area contributed by atoms with Crippen molar-refractivity contribution in [2.45, 2.75) is 51.6 Å². The lowest BCUT2D eigenvalue weighted by atomic mass is 9.99. The van der Waals surface area contributed by atoms with Crippen LogP contribution in [-0.2, 0) is 0 Å². The second-order valence-electron chi connectivity index (χ2n) is 4.80. The fraction of sp³-hybridized carbons (Fsp3) is 1.00. The minimum atomic E-state index is -0.0361. The van der Waals surface area contributed by atoms with Gasteiger partial charge < -0.3 is 5.73 Å². The van der Waals surface area contributed by atoms with Crippen molar-refractivity contribution in [1.29, 1.82) is 0 Å². The summed E-state index contributed by atoms with van der Waals surface area (Å²) in [4.78, 5) is 2.52. The molecule has 2 nitrogen and oxygen atoms in total. The third-order valence-electron chi connectivity index (χ3n) is 2.55. The Morgan fingerprint density at radius 2 is 2.08 bits per heavy atom. The predicted octanol–water partition coefficient (Wildman–Crippen LogP) is 1.60. The van der Waals surface area contributed by atoms with Crippen molar-refractivity contribution in [2.75, 3.05) is 13.1 Å². The second-order valence-corrected chi connectivity index (χ2v) is 4.80. The van der Waals surface area contributed by atoms with Crippen molar-refractivity contribution >= 4 is 0 Å². The second kappa shape index (κ2) is 3.75. The molecular formula is C10H22N2. The molecule has 0 aromatic heterocycles. The SMILES string of the molecule is C[C@H]1CCCCN1CC(C)(C)N. The summed E-state index contributed by atoms with van der Waals surface area (Å²) in [6.45, 7) is 8.80. The van der Waals surface area contributed by atoms with E-state index < -0.39 is 0 Å². The maximum atomic E-state index is 5.99. The Labute approximate surface area is 76.1 Å². The summed E-state index contributed by atoms with van der Waals surface area (Å²) in [6.07, 6.45) is 4.08. The molecular weight excluding hydrogens is 148 g/mol. The molecule has 0 bridgehead atoms. The van der Waals surface area contributed by atoms with Crippen LogP contribution in [0.3, 0.4) is 0 Å². The number of nitrogens with zero attached hydrogens (tertiary/aromatic N) is 1. The number of nitrogens with two attached hydrogens (primary N) is 1. The largest absolute Gasteiger partial charge is 0.324 e. The lowest BCUT2D eigenvalue weighted by Gasteiger charge is -2.37. The highest BCUT2D eigenvalue weighted by atomic mass is 15.2. The molecule has 0 saturated carbocycles. The summed E-state index contributed by atoms with van der Waals surface area (Å²) in [7, 11) is 0. The first-order chi connectivity index (χ1) is 5.49. The van der Waals surface area contributed by atoms with Crippen molar-refractivity contribution in [3.63, 3.8) is 0 Å². The number of rotatable bonds is 2. The Hall–Kier alpha value is -0.0800. The highest BCUT2D eigenvalue weighted by molar-refractivity contribution is 4.82. The van der Waals surface area contributed by atoms with Gasteiger partial charge in [-0.1, -0.05) is 6.42 Å². The highest BCUT2D eigenvalue weighted by Crippen LogP contribution is 2.17. The van der Waals surface area contributed by atoms with Gasteiger partial charge in [-0.3, -0.25) is 4.90 Å². The third kappa shape index (κ3) is 3.11. The maximum absolute atomic E-state index is 5.99. The van der Waals surface area contributed by atoms with Gasteiger partial charge in [0.25, 0.3) is 0 Å². The first-order valence-corrected chi connectivity index (χ1v) is 5.02. The van der Waals surface area contributed by atoms with E-state index in [2.05, 4.69) is 25.7 Å². The molecule has 0 radical (unpaired) electrons. The zero-order valence-corrected chi connectivity index (χ0v) is 8.64. The number of likely N-dealkylation sites (tertiary alicyclic amines) is 1. The van der Waals surface area contributed by atoms with E-state index in [1.54, 1.807) is 0 Å². The molecule has 12 heavy (non-hydrogen) atoms. The first kappa shape index (κ1) is 10.0. The molecule has 1 rings (SSSR count). The van der Waals surface area contributed by atoms with E-state index >= 15 is 0 Å². The molecule has 0 unspecified atom stereocenters. The molecule has 0 amide bonds. The zero-order valence-electron chi connectivity index (χ0n) is 8.64. The van der Waals surface area contributed by atoms with Crippen LogP contribution in [0.15, 0.2) is 0 Å². The number of piperidine rings is 1. The molecule has 0 spiro atoms. The molecule has 1 heterocycles. The van der Waals surface area contributed by atoms with Crippen LogP contribution in [0.1, 0.15) is 40.0 Å². The molecule has 1 atom stereocenters. The molecule has 1 saturated heterocycles. The van der Waals surface area contributed by atoms with Crippen LogP contribution in [0.4, 0.5) is 0 Å². The third-order valence-corrected chi connectivity index (χ3v) is 2.55. The van der Waals surface area contributed by atoms with Crippen LogP contribution in [0.2, 0.25) is 0 Å². The molecule has 72 valence electrons. The van der Waals surface area contributed by atoms with Crippen LogP contribution in [0.5, 0.6) is 0 Å². The van der Waals surface area contributed by atoms with Crippen molar-refractivity contribution in [3.8, 4) is 0 Å². The monoisotopic (exact) mass is 170 g/mol. The van der Waals surface area contributed by atoms with E-state index in [1.807, 2.05) is 0 Å². The van der Waals surface area contributed by atoms with Gasteiger partial charge in [-0.15, -0.1) is 0 Å². The summed E-state index contributed by atoms with van der Waals surface area (Å²) >= 11 is 0. The van der Waals surface area contributed by atoms with Crippen LogP contribution >= 0.6 is 0 Å². The molecule has 0 aromatic carbocycles. The number of hydrogen-bond donors (Lipinski definition) is 1. The summed E-state index contributed by atoms with van der Waals surface area (Å²) in [6, 6.07) is 0.738. The molecule has 2 heteroatoms. The lowest BCUT2D eigenvalue weighted by molar-refractivity contribution is 0.134. The fourth-order valence-electron chi connectivity index (χ4n) is 1.92. The molecule has 1 aliphatic heterocycles. The highest BCUT2D eigenvalue weighted by Gasteiger charge is 2.23. The Bertz CT molecular complexity index is 137. The van der Waals surface area contributed by atoms with Crippen LogP contribution in [0.25, 0.3) is 0 Å². The Morgan fingerprint density at radius 3 is 2.58 bits per heavy atom. The van der Waals surface area contributed by atoms with Gasteiger partial charge in [0.2, 0.25) is 0 Å². The van der Waals surface area contributed by atoms with Crippen LogP contribution in [0, 0.1) is 0 Å². The van der Waals surface area contributed by atoms with E-state index in [9.17, 15) is 0 Å². The standard InChI is InChI=1S/C10H22N2/c1-9-6-4-5-7-12(9)8-10(2,3)11/h9H,4-8,11H2,1-3H3/t9-/m0/s1. The number of hydrogen-bond acceptors (Lipinski definition) is 2. The molecule has 2 N–H and O–H groups in total. The van der Waals surface area contributed by atoms with E-state index in [1.165, 1.54) is 25.8 Å². The molecule has 1 aliphatic rings. The van der Waals surface area contributed by atoms with Crippen molar-refractivity contribution < 1.29 is 0 Å². The van der Waals surface area contributed by atoms with Gasteiger partial charge in [0.05, 0.1) is 0 Å². The van der Waals surface area contributed by atoms with Crippen LogP contribution in [-0.4, -0.2) is 29.6 Å². The average Bonchev–Trinajstić information content (AvgIpc) is 1.91. The maximum Gasteiger partial charge on any atom is 0.0226 e. The van der Waals surface area contributed by atoms with Crippen molar-refractivity contribution in [3.05, 3.63) is 0 Å². The van der Waals surface area contributed by atoms with E-state index in [0.717, 1.165) is 12.6 Å². The Balaban J connectivity index is 2.39. The zero-order chi connectivity index (χ0) is 9.19. The average molecular weight is 170 g/mol. The van der Waals surface area contributed by atoms with Gasteiger partial charge in [-0.2, -0.15) is 0 Å². The normalized spacial score (nSPS) is 27.5. The molecule has 1 fully saturated rings. The van der Waals surface area contributed by atoms with Gasteiger partial charge in [0.1, 0.15) is 0 Å². The Kier molecular flexibility index (Phi) is 3.13. The summed E-state index contributed by atoms with van der Waals surface area (Å²) < 4.78 is 0. The van der Waals surface area contributed by atoms with E-state index in [0.29, 0.717) is 0 Å². The smallest absolute Gasteiger partial charge is 0.0226 e. The quantitative estimate of drug-likeness (QED) is 0.682. The van der Waals surface area contributed by atoms with Crippen molar-refractivity contribution in [1.82, 2.24) is 4.90 Å². The summed E-state index contributed by atoms with van der Waals surface area (Å²) in [5, 5.41) is 0. The fourth-order valence-corrected chi connectivity index (χ4v) is 1.92. The van der Waals surface area contributed by atoms with Gasteiger partial charge >= 0.3 is 0 Å². The minimum absolute atomic E-state index is 0.0361. The first-order valence-electron chi connectivity index (χ1n) is 5.02. The summed E-state index contributed by atoms with van der Waals surface area (Å²) in [5.41, 5.74) is 5.95. The van der Waals surface area contributed by atoms with Gasteiger partial charge in [-0.05, 0) is 40.2 Å². The Morgan fingerprint density at radius 1 is 1.42 bits per heavy atom. The molecule has 0 aliphatic carbocycles. The van der Waals surface area contributed by atoms with Gasteiger partial charge in [0.15, 0.2) is 0 Å².